The van der Waals surface area contributed by atoms with Crippen molar-refractivity contribution in [2.45, 2.75) is 34.1 Å². The number of ether oxygens (including phenoxy) is 1. The number of anilines is 2. The second-order valence-electron chi connectivity index (χ2n) is 4.83. The number of hydrogen-bond donors (Lipinski definition) is 2. The molecule has 1 heterocycles. The molecule has 0 saturated heterocycles. The molecule has 0 atom stereocenters. The van der Waals surface area contributed by atoms with Gasteiger partial charge in [0.05, 0.1) is 6.61 Å². The zero-order valence-corrected chi connectivity index (χ0v) is 12.5. The van der Waals surface area contributed by atoms with Gasteiger partial charge in [-0.1, -0.05) is 20.8 Å². The van der Waals surface area contributed by atoms with Crippen LogP contribution in [0.3, 0.4) is 0 Å². The fourth-order valence-corrected chi connectivity index (χ4v) is 1.59. The normalized spacial score (nSPS) is 10.8. The topological polar surface area (TPSA) is 59.1 Å². The Morgan fingerprint density at radius 2 is 1.84 bits per heavy atom. The van der Waals surface area contributed by atoms with E-state index in [1.54, 1.807) is 0 Å². The lowest BCUT2D eigenvalue weighted by Crippen LogP contribution is -2.14. The van der Waals surface area contributed by atoms with Crippen molar-refractivity contribution in [3.63, 3.8) is 0 Å². The van der Waals surface area contributed by atoms with Gasteiger partial charge in [0.2, 0.25) is 0 Å². The quantitative estimate of drug-likeness (QED) is 0.673. The van der Waals surface area contributed by atoms with Crippen molar-refractivity contribution in [1.82, 2.24) is 9.97 Å². The van der Waals surface area contributed by atoms with Gasteiger partial charge in [0, 0.05) is 32.2 Å². The summed E-state index contributed by atoms with van der Waals surface area (Å²) in [6.45, 7) is 11.5. The molecular weight excluding hydrogens is 240 g/mol. The summed E-state index contributed by atoms with van der Waals surface area (Å²) in [5.41, 5.74) is 0. The Kier molecular flexibility index (Phi) is 7.18. The van der Waals surface area contributed by atoms with Crippen LogP contribution in [-0.2, 0) is 11.2 Å². The van der Waals surface area contributed by atoms with E-state index >= 15 is 0 Å². The summed E-state index contributed by atoms with van der Waals surface area (Å²) < 4.78 is 5.53. The van der Waals surface area contributed by atoms with Crippen LogP contribution in [0.1, 0.15) is 33.5 Å². The molecular formula is C14H26N4O. The molecule has 0 unspecified atom stereocenters. The maximum Gasteiger partial charge on any atom is 0.132 e. The largest absolute Gasteiger partial charge is 0.379 e. The minimum Gasteiger partial charge on any atom is -0.379 e. The number of nitrogens with one attached hydrogen (secondary N) is 2. The highest BCUT2D eigenvalue weighted by molar-refractivity contribution is 5.47. The molecule has 0 aliphatic heterocycles. The predicted molar refractivity (Wildman–Crippen MR) is 79.7 cm³/mol. The van der Waals surface area contributed by atoms with E-state index in [9.17, 15) is 0 Å². The Morgan fingerprint density at radius 1 is 1.16 bits per heavy atom. The molecule has 0 saturated carbocycles. The molecule has 1 rings (SSSR count). The summed E-state index contributed by atoms with van der Waals surface area (Å²) in [7, 11) is 0. The predicted octanol–water partition coefficient (Wildman–Crippen LogP) is 2.56. The minimum absolute atomic E-state index is 0.575. The second-order valence-corrected chi connectivity index (χ2v) is 4.83. The molecule has 5 heteroatoms. The first-order valence-corrected chi connectivity index (χ1v) is 7.09. The first-order valence-electron chi connectivity index (χ1n) is 7.09. The van der Waals surface area contributed by atoms with E-state index in [1.165, 1.54) is 0 Å². The van der Waals surface area contributed by atoms with Gasteiger partial charge >= 0.3 is 0 Å². The van der Waals surface area contributed by atoms with Crippen LogP contribution in [-0.4, -0.2) is 36.3 Å². The fourth-order valence-electron chi connectivity index (χ4n) is 1.59. The van der Waals surface area contributed by atoms with Gasteiger partial charge in [-0.3, -0.25) is 0 Å². The summed E-state index contributed by atoms with van der Waals surface area (Å²) in [6.07, 6.45) is 0.831. The SMILES string of the molecule is CCNc1cc(NCCOCC(C)C)nc(CC)n1. The minimum atomic E-state index is 0.575. The highest BCUT2D eigenvalue weighted by Crippen LogP contribution is 2.11. The summed E-state index contributed by atoms with van der Waals surface area (Å²) in [5.74, 6) is 3.16. The first-order chi connectivity index (χ1) is 9.15. The molecule has 0 amide bonds. The molecule has 0 aromatic carbocycles. The summed E-state index contributed by atoms with van der Waals surface area (Å²) >= 11 is 0. The van der Waals surface area contributed by atoms with Crippen molar-refractivity contribution in [3.8, 4) is 0 Å². The Morgan fingerprint density at radius 3 is 2.42 bits per heavy atom. The van der Waals surface area contributed by atoms with Crippen molar-refractivity contribution >= 4 is 11.6 Å². The molecule has 0 bridgehead atoms. The van der Waals surface area contributed by atoms with Crippen molar-refractivity contribution in [2.75, 3.05) is 36.9 Å². The van der Waals surface area contributed by atoms with Gasteiger partial charge in [-0.15, -0.1) is 0 Å². The molecule has 2 N–H and O–H groups in total. The molecule has 1 aromatic rings. The lowest BCUT2D eigenvalue weighted by molar-refractivity contribution is 0.118. The molecule has 0 aliphatic carbocycles. The maximum absolute atomic E-state index is 5.53. The monoisotopic (exact) mass is 266 g/mol. The van der Waals surface area contributed by atoms with Crippen LogP contribution in [0.25, 0.3) is 0 Å². The third-order valence-corrected chi connectivity index (χ3v) is 2.45. The Hall–Kier alpha value is -1.36. The number of rotatable bonds is 9. The Balaban J connectivity index is 2.45. The van der Waals surface area contributed by atoms with Crippen molar-refractivity contribution in [3.05, 3.63) is 11.9 Å². The average molecular weight is 266 g/mol. The fraction of sp³-hybridized carbons (Fsp3) is 0.714. The van der Waals surface area contributed by atoms with Crippen LogP contribution < -0.4 is 10.6 Å². The van der Waals surface area contributed by atoms with Crippen LogP contribution >= 0.6 is 0 Å². The molecule has 1 aromatic heterocycles. The van der Waals surface area contributed by atoms with Crippen molar-refractivity contribution in [1.29, 1.82) is 0 Å². The Labute approximate surface area is 116 Å². The smallest absolute Gasteiger partial charge is 0.132 e. The second kappa shape index (κ2) is 8.69. The van der Waals surface area contributed by atoms with Gasteiger partial charge in [-0.05, 0) is 12.8 Å². The molecule has 0 spiro atoms. The van der Waals surface area contributed by atoms with E-state index in [-0.39, 0.29) is 0 Å². The number of hydrogen-bond acceptors (Lipinski definition) is 5. The van der Waals surface area contributed by atoms with Gasteiger partial charge < -0.3 is 15.4 Å². The number of aromatic nitrogens is 2. The van der Waals surface area contributed by atoms with Crippen LogP contribution in [0.5, 0.6) is 0 Å². The van der Waals surface area contributed by atoms with Gasteiger partial charge in [0.25, 0.3) is 0 Å². The number of aryl methyl sites for hydroxylation is 1. The number of nitrogens with zero attached hydrogens (tertiary/aromatic N) is 2. The van der Waals surface area contributed by atoms with Crippen molar-refractivity contribution < 1.29 is 4.74 Å². The van der Waals surface area contributed by atoms with Crippen LogP contribution in [0, 0.1) is 5.92 Å². The lowest BCUT2D eigenvalue weighted by atomic mass is 10.2. The third-order valence-electron chi connectivity index (χ3n) is 2.45. The summed E-state index contributed by atoms with van der Waals surface area (Å²) in [5, 5.41) is 6.49. The third kappa shape index (κ3) is 6.38. The van der Waals surface area contributed by atoms with Crippen LogP contribution in [0.15, 0.2) is 6.07 Å². The van der Waals surface area contributed by atoms with Gasteiger partial charge in [-0.25, -0.2) is 9.97 Å². The van der Waals surface area contributed by atoms with Gasteiger partial charge in [0.1, 0.15) is 17.5 Å². The summed E-state index contributed by atoms with van der Waals surface area (Å²) in [6, 6.07) is 1.94. The van der Waals surface area contributed by atoms with E-state index in [0.29, 0.717) is 12.5 Å². The lowest BCUT2D eigenvalue weighted by Gasteiger charge is -2.11. The van der Waals surface area contributed by atoms with Crippen LogP contribution in [0.4, 0.5) is 11.6 Å². The van der Waals surface area contributed by atoms with E-state index in [1.807, 2.05) is 6.07 Å². The highest BCUT2D eigenvalue weighted by Gasteiger charge is 2.02. The molecule has 0 fully saturated rings. The van der Waals surface area contributed by atoms with E-state index in [0.717, 1.165) is 43.6 Å². The van der Waals surface area contributed by atoms with E-state index in [4.69, 9.17) is 4.74 Å². The highest BCUT2D eigenvalue weighted by atomic mass is 16.5. The maximum atomic E-state index is 5.53. The molecule has 0 aliphatic rings. The first kappa shape index (κ1) is 15.7. The van der Waals surface area contributed by atoms with E-state index < -0.39 is 0 Å². The van der Waals surface area contributed by atoms with E-state index in [2.05, 4.69) is 48.3 Å². The molecule has 5 nitrogen and oxygen atoms in total. The van der Waals surface area contributed by atoms with Crippen molar-refractivity contribution in [2.24, 2.45) is 5.92 Å². The average Bonchev–Trinajstić information content (AvgIpc) is 2.38. The van der Waals surface area contributed by atoms with Gasteiger partial charge in [0.15, 0.2) is 0 Å². The standard InChI is InChI=1S/C14H26N4O/c1-5-12-17-13(15-6-2)9-14(18-12)16-7-8-19-10-11(3)4/h9,11H,5-8,10H2,1-4H3,(H2,15,16,17,18). The molecule has 108 valence electrons. The Bertz CT molecular complexity index is 368. The molecule has 19 heavy (non-hydrogen) atoms. The zero-order valence-electron chi connectivity index (χ0n) is 12.5. The van der Waals surface area contributed by atoms with Crippen LogP contribution in [0.2, 0.25) is 0 Å². The molecule has 0 radical (unpaired) electrons. The van der Waals surface area contributed by atoms with Gasteiger partial charge in [-0.2, -0.15) is 0 Å². The zero-order chi connectivity index (χ0) is 14.1. The summed E-state index contributed by atoms with van der Waals surface area (Å²) in [4.78, 5) is 8.86.